The number of aliphatic hydroxyl groups is 1. The van der Waals surface area contributed by atoms with Gasteiger partial charge in [-0.3, -0.25) is 24.1 Å². The minimum atomic E-state index is -1.05. The van der Waals surface area contributed by atoms with Gasteiger partial charge < -0.3 is 29.7 Å². The normalized spacial score (nSPS) is 22.3. The van der Waals surface area contributed by atoms with E-state index in [1.54, 1.807) is 19.1 Å². The van der Waals surface area contributed by atoms with Crippen molar-refractivity contribution in [1.82, 2.24) is 10.2 Å². The van der Waals surface area contributed by atoms with Crippen molar-refractivity contribution in [3.05, 3.63) is 35.4 Å². The highest BCUT2D eigenvalue weighted by Gasteiger charge is 2.50. The SMILES string of the molecule is COc1ccc(CC(NC(=O)C(CO)CC(=O)CN2CCOCC2)C(=O)CC(CC2=CCCCC2)C(=O)C2(C)CO2)cc1O. The maximum Gasteiger partial charge on any atom is 0.226 e. The molecule has 1 aliphatic carbocycles. The van der Waals surface area contributed by atoms with E-state index in [2.05, 4.69) is 11.4 Å². The molecule has 0 aromatic heterocycles. The smallest absolute Gasteiger partial charge is 0.226 e. The number of carbonyl (C=O) groups is 4. The lowest BCUT2D eigenvalue weighted by molar-refractivity contribution is -0.135. The molecule has 242 valence electrons. The average Bonchev–Trinajstić information content (AvgIpc) is 3.78. The van der Waals surface area contributed by atoms with E-state index in [9.17, 15) is 29.4 Å². The van der Waals surface area contributed by atoms with E-state index < -0.39 is 36.0 Å². The van der Waals surface area contributed by atoms with Gasteiger partial charge in [-0.05, 0) is 63.1 Å². The van der Waals surface area contributed by atoms with Crippen LogP contribution >= 0.6 is 0 Å². The number of aromatic hydroxyl groups is 1. The molecule has 3 aliphatic rings. The van der Waals surface area contributed by atoms with E-state index in [0.717, 1.165) is 31.3 Å². The number of hydrogen-bond acceptors (Lipinski definition) is 10. The Balaban J connectivity index is 1.50. The fraction of sp³-hybridized carbons (Fsp3) is 0.636. The van der Waals surface area contributed by atoms with Crippen LogP contribution in [-0.2, 0) is 35.1 Å². The highest BCUT2D eigenvalue weighted by molar-refractivity contribution is 5.97. The fourth-order valence-electron chi connectivity index (χ4n) is 5.95. The summed E-state index contributed by atoms with van der Waals surface area (Å²) in [6.45, 7) is 3.96. The minimum absolute atomic E-state index is 0.0410. The van der Waals surface area contributed by atoms with Gasteiger partial charge in [-0.25, -0.2) is 0 Å². The molecule has 0 radical (unpaired) electrons. The summed E-state index contributed by atoms with van der Waals surface area (Å²) in [6.07, 6.45) is 6.37. The number of nitrogens with one attached hydrogen (secondary N) is 1. The van der Waals surface area contributed by atoms with Crippen molar-refractivity contribution in [2.24, 2.45) is 11.8 Å². The molecule has 4 unspecified atom stereocenters. The van der Waals surface area contributed by atoms with Crippen molar-refractivity contribution in [1.29, 1.82) is 0 Å². The van der Waals surface area contributed by atoms with Crippen LogP contribution in [0.4, 0.5) is 0 Å². The van der Waals surface area contributed by atoms with Gasteiger partial charge in [0.2, 0.25) is 5.91 Å². The molecule has 11 heteroatoms. The molecule has 2 aliphatic heterocycles. The van der Waals surface area contributed by atoms with Gasteiger partial charge in [0, 0.05) is 31.8 Å². The first-order valence-corrected chi connectivity index (χ1v) is 15.6. The van der Waals surface area contributed by atoms with Gasteiger partial charge >= 0.3 is 0 Å². The summed E-state index contributed by atoms with van der Waals surface area (Å²) >= 11 is 0. The van der Waals surface area contributed by atoms with Crippen molar-refractivity contribution in [2.45, 2.75) is 69.9 Å². The molecule has 4 rings (SSSR count). The quantitative estimate of drug-likeness (QED) is 0.176. The van der Waals surface area contributed by atoms with Crippen molar-refractivity contribution >= 4 is 23.3 Å². The molecule has 1 aromatic carbocycles. The maximum absolute atomic E-state index is 13.9. The Morgan fingerprint density at radius 3 is 2.45 bits per heavy atom. The Kier molecular flexibility index (Phi) is 12.1. The van der Waals surface area contributed by atoms with Gasteiger partial charge in [-0.1, -0.05) is 17.7 Å². The number of ether oxygens (including phenoxy) is 3. The lowest BCUT2D eigenvalue weighted by atomic mass is 9.81. The number of phenols is 1. The highest BCUT2D eigenvalue weighted by atomic mass is 16.6. The zero-order chi connectivity index (χ0) is 31.7. The maximum atomic E-state index is 13.9. The number of rotatable bonds is 17. The van der Waals surface area contributed by atoms with E-state index in [1.165, 1.54) is 13.2 Å². The highest BCUT2D eigenvalue weighted by Crippen LogP contribution is 2.35. The molecule has 2 heterocycles. The van der Waals surface area contributed by atoms with Crippen LogP contribution in [0.2, 0.25) is 0 Å². The van der Waals surface area contributed by atoms with Crippen LogP contribution in [0.15, 0.2) is 29.8 Å². The number of nitrogens with zero attached hydrogens (tertiary/aromatic N) is 1. The van der Waals surface area contributed by atoms with Crippen LogP contribution in [0.3, 0.4) is 0 Å². The zero-order valence-corrected chi connectivity index (χ0v) is 25.8. The number of allylic oxidation sites excluding steroid dienone is 2. The van der Waals surface area contributed by atoms with Crippen molar-refractivity contribution in [3.63, 3.8) is 0 Å². The summed E-state index contributed by atoms with van der Waals surface area (Å²) in [5.74, 6) is -2.75. The van der Waals surface area contributed by atoms with Crippen LogP contribution in [0.5, 0.6) is 11.5 Å². The van der Waals surface area contributed by atoms with Crippen LogP contribution in [0.25, 0.3) is 0 Å². The van der Waals surface area contributed by atoms with E-state index in [4.69, 9.17) is 14.2 Å². The minimum Gasteiger partial charge on any atom is -0.504 e. The molecular formula is C33H46N2O9. The Hall–Kier alpha value is -3.12. The molecule has 1 amide bonds. The molecule has 44 heavy (non-hydrogen) atoms. The summed E-state index contributed by atoms with van der Waals surface area (Å²) in [5.41, 5.74) is 0.830. The molecule has 1 aromatic rings. The predicted molar refractivity (Wildman–Crippen MR) is 161 cm³/mol. The van der Waals surface area contributed by atoms with E-state index >= 15 is 0 Å². The Morgan fingerprint density at radius 1 is 1.09 bits per heavy atom. The first-order chi connectivity index (χ1) is 21.1. The summed E-state index contributed by atoms with van der Waals surface area (Å²) in [4.78, 5) is 55.5. The van der Waals surface area contributed by atoms with Gasteiger partial charge in [-0.15, -0.1) is 0 Å². The summed E-state index contributed by atoms with van der Waals surface area (Å²) in [5, 5.41) is 23.1. The van der Waals surface area contributed by atoms with Gasteiger partial charge in [-0.2, -0.15) is 0 Å². The molecule has 0 bridgehead atoms. The van der Waals surface area contributed by atoms with E-state index in [0.29, 0.717) is 44.9 Å². The molecular weight excluding hydrogens is 568 g/mol. The van der Waals surface area contributed by atoms with Crippen LogP contribution < -0.4 is 10.1 Å². The molecule has 2 saturated heterocycles. The Morgan fingerprint density at radius 2 is 1.84 bits per heavy atom. The number of methoxy groups -OCH3 is 1. The fourth-order valence-corrected chi connectivity index (χ4v) is 5.95. The standard InChI is InChI=1S/C33H46N2O9/c1-33(21-44-33)31(40)24(14-22-6-4-3-5-7-22)18-28(38)27(15-23-8-9-30(42-2)29(39)16-23)34-32(41)25(20-36)17-26(37)19-35-10-12-43-13-11-35/h6,8-9,16,24-25,27,36,39H,3-5,7,10-15,17-21H2,1-2H3,(H,34,41). The number of ketones is 3. The molecule has 11 nitrogen and oxygen atoms in total. The second-order valence-corrected chi connectivity index (χ2v) is 12.3. The monoisotopic (exact) mass is 614 g/mol. The first-order valence-electron chi connectivity index (χ1n) is 15.6. The first kappa shape index (κ1) is 33.8. The average molecular weight is 615 g/mol. The third-order valence-electron chi connectivity index (χ3n) is 8.77. The lowest BCUT2D eigenvalue weighted by Gasteiger charge is -2.27. The Labute approximate surface area is 258 Å². The third-order valence-corrected chi connectivity index (χ3v) is 8.77. The number of Topliss-reactive ketones (excluding diaryl/α,β-unsaturated/α-hetero) is 3. The van der Waals surface area contributed by atoms with Gasteiger partial charge in [0.15, 0.2) is 23.1 Å². The van der Waals surface area contributed by atoms with Gasteiger partial charge in [0.25, 0.3) is 0 Å². The number of epoxide rings is 1. The van der Waals surface area contributed by atoms with E-state index in [-0.39, 0.29) is 54.7 Å². The van der Waals surface area contributed by atoms with Crippen LogP contribution in [-0.4, -0.2) is 103 Å². The summed E-state index contributed by atoms with van der Waals surface area (Å²) in [6, 6.07) is 3.67. The number of morpholine rings is 1. The van der Waals surface area contributed by atoms with Crippen LogP contribution in [0.1, 0.15) is 57.4 Å². The molecule has 0 saturated carbocycles. The van der Waals surface area contributed by atoms with E-state index in [1.807, 2.05) is 4.90 Å². The second-order valence-electron chi connectivity index (χ2n) is 12.3. The van der Waals surface area contributed by atoms with Crippen molar-refractivity contribution in [2.75, 3.05) is 53.2 Å². The Bertz CT molecular complexity index is 1220. The lowest BCUT2D eigenvalue weighted by Crippen LogP contribution is -2.47. The number of amides is 1. The van der Waals surface area contributed by atoms with Gasteiger partial charge in [0.05, 0.1) is 52.0 Å². The summed E-state index contributed by atoms with van der Waals surface area (Å²) < 4.78 is 15.9. The molecule has 4 atom stereocenters. The topological polar surface area (TPSA) is 155 Å². The van der Waals surface area contributed by atoms with Gasteiger partial charge in [0.1, 0.15) is 11.4 Å². The number of phenolic OH excluding ortho intramolecular Hbond substituents is 1. The largest absolute Gasteiger partial charge is 0.504 e. The zero-order valence-electron chi connectivity index (χ0n) is 25.8. The molecule has 0 spiro atoms. The van der Waals surface area contributed by atoms with Crippen molar-refractivity contribution in [3.8, 4) is 11.5 Å². The number of aliphatic hydroxyl groups excluding tert-OH is 1. The third kappa shape index (κ3) is 9.44. The molecule has 2 fully saturated rings. The number of benzene rings is 1. The predicted octanol–water partition coefficient (Wildman–Crippen LogP) is 2.15. The number of hydrogen-bond donors (Lipinski definition) is 3. The summed E-state index contributed by atoms with van der Waals surface area (Å²) in [7, 11) is 1.43. The number of carbonyl (C=O) groups excluding carboxylic acids is 4. The second kappa shape index (κ2) is 15.7. The molecule has 3 N–H and O–H groups in total. The van der Waals surface area contributed by atoms with Crippen LogP contribution in [0, 0.1) is 11.8 Å². The van der Waals surface area contributed by atoms with Crippen molar-refractivity contribution < 1.29 is 43.6 Å².